The number of carboxylic acid groups (broad SMARTS) is 1. The fourth-order valence-corrected chi connectivity index (χ4v) is 2.06. The normalized spacial score (nSPS) is 21.2. The minimum atomic E-state index is -0.905. The van der Waals surface area contributed by atoms with E-state index >= 15 is 0 Å². The van der Waals surface area contributed by atoms with Gasteiger partial charge in [-0.2, -0.15) is 0 Å². The Balaban J connectivity index is 1.73. The number of benzene rings is 1. The van der Waals surface area contributed by atoms with Crippen LogP contribution in [0.1, 0.15) is 13.3 Å². The average molecular weight is 293 g/mol. The lowest BCUT2D eigenvalue weighted by atomic mass is 10.3. The average Bonchev–Trinajstić information content (AvgIpc) is 3.26. The summed E-state index contributed by atoms with van der Waals surface area (Å²) >= 11 is 0. The molecule has 1 aromatic rings. The molecule has 21 heavy (non-hydrogen) atoms. The Morgan fingerprint density at radius 2 is 1.90 bits per heavy atom. The zero-order valence-electron chi connectivity index (χ0n) is 12.0. The van der Waals surface area contributed by atoms with Gasteiger partial charge in [0.05, 0.1) is 25.5 Å². The minimum Gasteiger partial charge on any atom is -0.497 e. The Kier molecular flexibility index (Phi) is 4.67. The van der Waals surface area contributed by atoms with Gasteiger partial charge in [-0.3, -0.25) is 9.59 Å². The summed E-state index contributed by atoms with van der Waals surface area (Å²) < 4.78 is 10.7. The number of hydrogen-bond donors (Lipinski definition) is 2. The molecule has 0 bridgehead atoms. The second kappa shape index (κ2) is 6.47. The van der Waals surface area contributed by atoms with E-state index in [-0.39, 0.29) is 12.0 Å². The van der Waals surface area contributed by atoms with Gasteiger partial charge in [-0.25, -0.2) is 0 Å². The van der Waals surface area contributed by atoms with Crippen LogP contribution in [0.5, 0.6) is 11.5 Å². The largest absolute Gasteiger partial charge is 0.497 e. The lowest BCUT2D eigenvalue weighted by Crippen LogP contribution is -2.35. The number of amides is 1. The zero-order valence-corrected chi connectivity index (χ0v) is 12.0. The van der Waals surface area contributed by atoms with Crippen LogP contribution in [-0.4, -0.2) is 36.7 Å². The van der Waals surface area contributed by atoms with E-state index in [2.05, 4.69) is 5.32 Å². The molecule has 0 aliphatic heterocycles. The van der Waals surface area contributed by atoms with Crippen LogP contribution in [0.4, 0.5) is 0 Å². The van der Waals surface area contributed by atoms with Crippen LogP contribution >= 0.6 is 0 Å². The highest BCUT2D eigenvalue weighted by Gasteiger charge is 2.48. The topological polar surface area (TPSA) is 84.9 Å². The monoisotopic (exact) mass is 293 g/mol. The van der Waals surface area contributed by atoms with E-state index in [1.807, 2.05) is 6.92 Å². The van der Waals surface area contributed by atoms with Crippen LogP contribution in [0.2, 0.25) is 0 Å². The molecule has 0 aromatic heterocycles. The van der Waals surface area contributed by atoms with Crippen molar-refractivity contribution in [1.82, 2.24) is 5.32 Å². The molecule has 1 aliphatic rings. The summed E-state index contributed by atoms with van der Waals surface area (Å²) in [4.78, 5) is 22.4. The molecule has 1 aliphatic carbocycles. The van der Waals surface area contributed by atoms with Crippen LogP contribution in [0.15, 0.2) is 24.3 Å². The van der Waals surface area contributed by atoms with E-state index in [1.54, 1.807) is 31.4 Å². The van der Waals surface area contributed by atoms with Gasteiger partial charge in [0, 0.05) is 0 Å². The molecule has 6 heteroatoms. The molecule has 6 nitrogen and oxygen atoms in total. The van der Waals surface area contributed by atoms with Gasteiger partial charge < -0.3 is 19.9 Å². The number of ether oxygens (including phenoxy) is 2. The van der Waals surface area contributed by atoms with Gasteiger partial charge in [0.2, 0.25) is 5.91 Å². The maximum absolute atomic E-state index is 11.7. The molecule has 1 aromatic carbocycles. The zero-order chi connectivity index (χ0) is 15.4. The van der Waals surface area contributed by atoms with E-state index < -0.39 is 17.8 Å². The minimum absolute atomic E-state index is 0.204. The predicted molar refractivity (Wildman–Crippen MR) is 75.3 cm³/mol. The molecule has 0 heterocycles. The molecule has 0 saturated heterocycles. The first-order valence-electron chi connectivity index (χ1n) is 6.82. The molecule has 114 valence electrons. The first-order valence-corrected chi connectivity index (χ1v) is 6.82. The summed E-state index contributed by atoms with van der Waals surface area (Å²) in [6, 6.07) is 7.17. The second-order valence-electron chi connectivity index (χ2n) is 5.14. The third-order valence-corrected chi connectivity index (χ3v) is 3.40. The lowest BCUT2D eigenvalue weighted by molar-refractivity contribution is -0.140. The maximum Gasteiger partial charge on any atom is 0.307 e. The van der Waals surface area contributed by atoms with Crippen molar-refractivity contribution in [2.24, 2.45) is 11.8 Å². The number of carboxylic acids is 1. The number of hydrogen-bond acceptors (Lipinski definition) is 4. The fraction of sp³-hybridized carbons (Fsp3) is 0.467. The van der Waals surface area contributed by atoms with E-state index in [0.717, 1.165) is 5.75 Å². The van der Waals surface area contributed by atoms with Crippen molar-refractivity contribution in [2.45, 2.75) is 19.4 Å². The third-order valence-electron chi connectivity index (χ3n) is 3.40. The van der Waals surface area contributed by atoms with Gasteiger partial charge in [0.1, 0.15) is 17.6 Å². The standard InChI is InChI=1S/C15H19NO5/c1-9(21-11-5-3-10(20-2)4-6-11)8-16-14(17)12-7-13(12)15(18)19/h3-6,9,12-13H,7-8H2,1-2H3,(H,16,17)(H,18,19). The smallest absolute Gasteiger partial charge is 0.307 e. The van der Waals surface area contributed by atoms with Crippen molar-refractivity contribution in [3.05, 3.63) is 24.3 Å². The molecule has 1 fully saturated rings. The Labute approximate surface area is 123 Å². The number of methoxy groups -OCH3 is 1. The Morgan fingerprint density at radius 1 is 1.29 bits per heavy atom. The van der Waals surface area contributed by atoms with E-state index in [4.69, 9.17) is 14.6 Å². The molecular weight excluding hydrogens is 274 g/mol. The summed E-state index contributed by atoms with van der Waals surface area (Å²) in [5.74, 6) is -0.604. The van der Waals surface area contributed by atoms with Gasteiger partial charge in [-0.1, -0.05) is 0 Å². The highest BCUT2D eigenvalue weighted by Crippen LogP contribution is 2.38. The van der Waals surface area contributed by atoms with Crippen LogP contribution in [-0.2, 0) is 9.59 Å². The first-order chi connectivity index (χ1) is 10.0. The number of carbonyl (C=O) groups excluding carboxylic acids is 1. The molecule has 0 spiro atoms. The van der Waals surface area contributed by atoms with Crippen molar-refractivity contribution < 1.29 is 24.2 Å². The molecule has 0 radical (unpaired) electrons. The SMILES string of the molecule is COc1ccc(OC(C)CNC(=O)C2CC2C(=O)O)cc1. The van der Waals surface area contributed by atoms with Crippen LogP contribution in [0.25, 0.3) is 0 Å². The fourth-order valence-electron chi connectivity index (χ4n) is 2.06. The summed E-state index contributed by atoms with van der Waals surface area (Å²) in [5.41, 5.74) is 0. The van der Waals surface area contributed by atoms with E-state index in [0.29, 0.717) is 18.7 Å². The van der Waals surface area contributed by atoms with E-state index in [1.165, 1.54) is 0 Å². The van der Waals surface area contributed by atoms with Gasteiger partial charge in [0.25, 0.3) is 0 Å². The molecule has 3 atom stereocenters. The van der Waals surface area contributed by atoms with Crippen LogP contribution < -0.4 is 14.8 Å². The molecule has 1 saturated carbocycles. The van der Waals surface area contributed by atoms with E-state index in [9.17, 15) is 9.59 Å². The second-order valence-corrected chi connectivity index (χ2v) is 5.14. The molecule has 2 rings (SSSR count). The Morgan fingerprint density at radius 3 is 2.43 bits per heavy atom. The number of rotatable bonds is 7. The Hall–Kier alpha value is -2.24. The summed E-state index contributed by atoms with van der Waals surface area (Å²) in [5, 5.41) is 11.5. The summed E-state index contributed by atoms with van der Waals surface area (Å²) in [7, 11) is 1.59. The summed E-state index contributed by atoms with van der Waals surface area (Å²) in [6.45, 7) is 2.18. The van der Waals surface area contributed by atoms with Crippen LogP contribution in [0.3, 0.4) is 0 Å². The third kappa shape index (κ3) is 4.11. The van der Waals surface area contributed by atoms with Crippen molar-refractivity contribution in [3.8, 4) is 11.5 Å². The number of nitrogens with one attached hydrogen (secondary N) is 1. The first kappa shape index (κ1) is 15.2. The van der Waals surface area contributed by atoms with Gasteiger partial charge >= 0.3 is 5.97 Å². The van der Waals surface area contributed by atoms with Crippen molar-refractivity contribution in [1.29, 1.82) is 0 Å². The predicted octanol–water partition coefficient (Wildman–Crippen LogP) is 1.30. The highest BCUT2D eigenvalue weighted by molar-refractivity contribution is 5.89. The molecular formula is C15H19NO5. The maximum atomic E-state index is 11.7. The van der Waals surface area contributed by atoms with Gasteiger partial charge in [-0.15, -0.1) is 0 Å². The quantitative estimate of drug-likeness (QED) is 0.791. The van der Waals surface area contributed by atoms with Gasteiger partial charge in [-0.05, 0) is 37.6 Å². The number of carbonyl (C=O) groups is 2. The molecule has 1 amide bonds. The molecule has 2 N–H and O–H groups in total. The number of aliphatic carboxylic acids is 1. The van der Waals surface area contributed by atoms with Crippen molar-refractivity contribution in [2.75, 3.05) is 13.7 Å². The Bertz CT molecular complexity index is 513. The lowest BCUT2D eigenvalue weighted by Gasteiger charge is -2.15. The van der Waals surface area contributed by atoms with Crippen molar-refractivity contribution >= 4 is 11.9 Å². The highest BCUT2D eigenvalue weighted by atomic mass is 16.5. The van der Waals surface area contributed by atoms with Crippen molar-refractivity contribution in [3.63, 3.8) is 0 Å². The van der Waals surface area contributed by atoms with Gasteiger partial charge in [0.15, 0.2) is 0 Å². The molecule has 3 unspecified atom stereocenters. The van der Waals surface area contributed by atoms with Crippen LogP contribution in [0, 0.1) is 11.8 Å². The summed E-state index contributed by atoms with van der Waals surface area (Å²) in [6.07, 6.45) is 0.221.